The second-order valence-electron chi connectivity index (χ2n) is 3.05. The maximum Gasteiger partial charge on any atom is 0.168 e. The summed E-state index contributed by atoms with van der Waals surface area (Å²) in [5.41, 5.74) is 0.614. The zero-order valence-corrected chi connectivity index (χ0v) is 9.39. The minimum absolute atomic E-state index is 0.0711. The van der Waals surface area contributed by atoms with Gasteiger partial charge in [0.25, 0.3) is 0 Å². The highest BCUT2D eigenvalue weighted by Crippen LogP contribution is 2.14. The highest BCUT2D eigenvalue weighted by Gasteiger charge is 2.08. The number of nitrogens with zero attached hydrogens (tertiary/aromatic N) is 1. The molecule has 15 heavy (non-hydrogen) atoms. The summed E-state index contributed by atoms with van der Waals surface area (Å²) in [7, 11) is 0. The molecule has 0 aliphatic carbocycles. The van der Waals surface area contributed by atoms with Crippen molar-refractivity contribution in [3.05, 3.63) is 51.4 Å². The molecule has 0 aliphatic heterocycles. The Hall–Kier alpha value is -1.19. The van der Waals surface area contributed by atoms with E-state index in [4.69, 9.17) is 11.6 Å². The molecule has 0 saturated heterocycles. The fourth-order valence-corrected chi connectivity index (χ4v) is 2.13. The van der Waals surface area contributed by atoms with Crippen molar-refractivity contribution < 1.29 is 4.79 Å². The number of carbonyl (C=O) groups excluding carboxylic acids is 1. The molecule has 2 heterocycles. The molecule has 0 N–H and O–H groups in total. The van der Waals surface area contributed by atoms with Crippen molar-refractivity contribution in [2.45, 2.75) is 6.42 Å². The number of rotatable bonds is 3. The number of hydrogen-bond acceptors (Lipinski definition) is 3. The van der Waals surface area contributed by atoms with Crippen LogP contribution in [-0.4, -0.2) is 10.8 Å². The fraction of sp³-hybridized carbons (Fsp3) is 0.0909. The molecule has 0 bridgehead atoms. The van der Waals surface area contributed by atoms with Crippen LogP contribution in [0.2, 0.25) is 5.15 Å². The summed E-state index contributed by atoms with van der Waals surface area (Å²) in [6.45, 7) is 0. The molecule has 0 spiro atoms. The molecular formula is C11H8ClNOS. The molecule has 4 heteroatoms. The van der Waals surface area contributed by atoms with Gasteiger partial charge in [0.1, 0.15) is 5.15 Å². The SMILES string of the molecule is O=C(Cc1cccs1)c1ccnc(Cl)c1. The zero-order valence-electron chi connectivity index (χ0n) is 7.81. The quantitative estimate of drug-likeness (QED) is 0.606. The predicted octanol–water partition coefficient (Wildman–Crippen LogP) is 3.22. The fourth-order valence-electron chi connectivity index (χ4n) is 1.25. The van der Waals surface area contributed by atoms with Gasteiger partial charge in [0.15, 0.2) is 5.78 Å². The Morgan fingerprint density at radius 1 is 1.47 bits per heavy atom. The van der Waals surface area contributed by atoms with E-state index in [-0.39, 0.29) is 5.78 Å². The minimum Gasteiger partial charge on any atom is -0.294 e. The topological polar surface area (TPSA) is 30.0 Å². The molecule has 2 rings (SSSR count). The Labute approximate surface area is 96.5 Å². The lowest BCUT2D eigenvalue weighted by Gasteiger charge is -1.98. The first kappa shape index (κ1) is 10.3. The number of ketones is 1. The molecule has 0 aliphatic rings. The number of hydrogen-bond donors (Lipinski definition) is 0. The van der Waals surface area contributed by atoms with Gasteiger partial charge in [-0.1, -0.05) is 17.7 Å². The standard InChI is InChI=1S/C11H8ClNOS/c12-11-6-8(3-4-13-11)10(14)7-9-2-1-5-15-9/h1-6H,7H2. The van der Waals surface area contributed by atoms with E-state index in [9.17, 15) is 4.79 Å². The summed E-state index contributed by atoms with van der Waals surface area (Å²) in [6.07, 6.45) is 1.97. The van der Waals surface area contributed by atoms with Gasteiger partial charge in [-0.05, 0) is 23.6 Å². The third kappa shape index (κ3) is 2.64. The summed E-state index contributed by atoms with van der Waals surface area (Å²) in [6, 6.07) is 7.16. The van der Waals surface area contributed by atoms with Gasteiger partial charge < -0.3 is 0 Å². The van der Waals surface area contributed by atoms with Crippen molar-refractivity contribution in [1.29, 1.82) is 0 Å². The van der Waals surface area contributed by atoms with Crippen LogP contribution in [0.15, 0.2) is 35.8 Å². The van der Waals surface area contributed by atoms with Crippen LogP contribution in [0.25, 0.3) is 0 Å². The number of carbonyl (C=O) groups is 1. The highest BCUT2D eigenvalue weighted by molar-refractivity contribution is 7.10. The van der Waals surface area contributed by atoms with E-state index in [1.165, 1.54) is 0 Å². The molecule has 0 unspecified atom stereocenters. The van der Waals surface area contributed by atoms with E-state index in [1.807, 2.05) is 17.5 Å². The molecule has 0 aromatic carbocycles. The molecule has 2 aromatic rings. The van der Waals surface area contributed by atoms with Gasteiger partial charge in [-0.2, -0.15) is 0 Å². The molecule has 0 fully saturated rings. The predicted molar refractivity (Wildman–Crippen MR) is 61.6 cm³/mol. The summed E-state index contributed by atoms with van der Waals surface area (Å²) in [4.78, 5) is 16.7. The van der Waals surface area contributed by atoms with Gasteiger partial charge >= 0.3 is 0 Å². The number of aromatic nitrogens is 1. The van der Waals surface area contributed by atoms with Crippen LogP contribution in [0.3, 0.4) is 0 Å². The van der Waals surface area contributed by atoms with E-state index in [2.05, 4.69) is 4.98 Å². The van der Waals surface area contributed by atoms with Crippen molar-refractivity contribution in [3.63, 3.8) is 0 Å². The Balaban J connectivity index is 2.15. The lowest BCUT2D eigenvalue weighted by molar-refractivity contribution is 0.0993. The molecule has 0 amide bonds. The second-order valence-corrected chi connectivity index (χ2v) is 4.47. The Morgan fingerprint density at radius 3 is 3.00 bits per heavy atom. The van der Waals surface area contributed by atoms with Crippen molar-refractivity contribution >= 4 is 28.7 Å². The molecule has 0 atom stereocenters. The Bertz CT molecular complexity index is 467. The number of pyridine rings is 1. The van der Waals surface area contributed by atoms with Crippen LogP contribution in [0.5, 0.6) is 0 Å². The number of Topliss-reactive ketones (excluding diaryl/α,β-unsaturated/α-hetero) is 1. The highest BCUT2D eigenvalue weighted by atomic mass is 35.5. The van der Waals surface area contributed by atoms with Crippen LogP contribution in [0.1, 0.15) is 15.2 Å². The van der Waals surface area contributed by atoms with Gasteiger partial charge in [-0.25, -0.2) is 4.98 Å². The summed E-state index contributed by atoms with van der Waals surface area (Å²) in [5, 5.41) is 2.31. The van der Waals surface area contributed by atoms with Crippen LogP contribution >= 0.6 is 22.9 Å². The third-order valence-electron chi connectivity index (χ3n) is 1.96. The first-order chi connectivity index (χ1) is 7.25. The van der Waals surface area contributed by atoms with Gasteiger partial charge in [-0.3, -0.25) is 4.79 Å². The van der Waals surface area contributed by atoms with Gasteiger partial charge in [0.2, 0.25) is 0 Å². The Kier molecular flexibility index (Phi) is 3.14. The number of halogens is 1. The smallest absolute Gasteiger partial charge is 0.168 e. The van der Waals surface area contributed by atoms with Crippen molar-refractivity contribution in [2.75, 3.05) is 0 Å². The molecule has 2 aromatic heterocycles. The lowest BCUT2D eigenvalue weighted by atomic mass is 10.1. The van der Waals surface area contributed by atoms with E-state index < -0.39 is 0 Å². The van der Waals surface area contributed by atoms with E-state index >= 15 is 0 Å². The minimum atomic E-state index is 0.0711. The molecule has 2 nitrogen and oxygen atoms in total. The van der Waals surface area contributed by atoms with E-state index in [0.29, 0.717) is 17.1 Å². The van der Waals surface area contributed by atoms with Crippen molar-refractivity contribution in [2.24, 2.45) is 0 Å². The monoisotopic (exact) mass is 237 g/mol. The number of thiophene rings is 1. The third-order valence-corrected chi connectivity index (χ3v) is 3.05. The molecule has 76 valence electrons. The second kappa shape index (κ2) is 4.55. The maximum atomic E-state index is 11.8. The zero-order chi connectivity index (χ0) is 10.7. The lowest BCUT2D eigenvalue weighted by Crippen LogP contribution is -2.02. The van der Waals surface area contributed by atoms with Crippen molar-refractivity contribution in [1.82, 2.24) is 4.98 Å². The van der Waals surface area contributed by atoms with Crippen molar-refractivity contribution in [3.8, 4) is 0 Å². The van der Waals surface area contributed by atoms with Crippen LogP contribution in [0, 0.1) is 0 Å². The van der Waals surface area contributed by atoms with Gasteiger partial charge in [0.05, 0.1) is 0 Å². The van der Waals surface area contributed by atoms with E-state index in [1.54, 1.807) is 29.7 Å². The van der Waals surface area contributed by atoms with Gasteiger partial charge in [-0.15, -0.1) is 11.3 Å². The summed E-state index contributed by atoms with van der Waals surface area (Å²) in [5.74, 6) is 0.0711. The van der Waals surface area contributed by atoms with E-state index in [0.717, 1.165) is 4.88 Å². The average molecular weight is 238 g/mol. The first-order valence-corrected chi connectivity index (χ1v) is 5.68. The first-order valence-electron chi connectivity index (χ1n) is 4.43. The Morgan fingerprint density at radius 2 is 2.33 bits per heavy atom. The normalized spacial score (nSPS) is 10.2. The van der Waals surface area contributed by atoms with Crippen LogP contribution < -0.4 is 0 Å². The largest absolute Gasteiger partial charge is 0.294 e. The average Bonchev–Trinajstić information content (AvgIpc) is 2.70. The molecular weight excluding hydrogens is 230 g/mol. The summed E-state index contributed by atoms with van der Waals surface area (Å²) < 4.78 is 0. The molecule has 0 radical (unpaired) electrons. The van der Waals surface area contributed by atoms with Crippen LogP contribution in [0.4, 0.5) is 0 Å². The van der Waals surface area contributed by atoms with Gasteiger partial charge in [0, 0.05) is 23.1 Å². The van der Waals surface area contributed by atoms with Crippen LogP contribution in [-0.2, 0) is 6.42 Å². The molecule has 0 saturated carbocycles. The summed E-state index contributed by atoms with van der Waals surface area (Å²) >= 11 is 7.29. The maximum absolute atomic E-state index is 11.8.